The minimum Gasteiger partial charge on any atom is -0.463 e. The molecule has 1 aliphatic carbocycles. The number of benzene rings is 2. The molecule has 0 heterocycles. The highest BCUT2D eigenvalue weighted by atomic mass is 35.5. The van der Waals surface area contributed by atoms with Gasteiger partial charge in [-0.3, -0.25) is 0 Å². The molecule has 0 aromatic heterocycles. The number of azide groups is 1. The van der Waals surface area contributed by atoms with Crippen LogP contribution in [-0.2, 0) is 34.1 Å². The molecule has 12 nitrogen and oxygen atoms in total. The zero-order valence-corrected chi connectivity index (χ0v) is 26.9. The van der Waals surface area contributed by atoms with Crippen molar-refractivity contribution < 1.29 is 40.3 Å². The molecule has 0 radical (unpaired) electrons. The van der Waals surface area contributed by atoms with E-state index in [0.29, 0.717) is 32.1 Å². The first-order valence-corrected chi connectivity index (χ1v) is 17.8. The molecule has 0 spiro atoms. The summed E-state index contributed by atoms with van der Waals surface area (Å²) in [5.74, 6) is -2.33. The number of allylic oxidation sites excluding steroid dienone is 1. The minimum absolute atomic E-state index is 0.0150. The number of carbonyl (C=O) groups is 2. The van der Waals surface area contributed by atoms with Crippen molar-refractivity contribution in [1.29, 1.82) is 0 Å². The molecule has 0 N–H and O–H groups in total. The third-order valence-electron chi connectivity index (χ3n) is 6.92. The molecule has 0 fully saturated rings. The molecule has 16 heteroatoms. The van der Waals surface area contributed by atoms with Gasteiger partial charge in [0.25, 0.3) is 10.0 Å². The first-order valence-electron chi connectivity index (χ1n) is 14.3. The van der Waals surface area contributed by atoms with Gasteiger partial charge in [-0.25, -0.2) is 30.8 Å². The van der Waals surface area contributed by atoms with E-state index in [9.17, 15) is 30.8 Å². The van der Waals surface area contributed by atoms with Gasteiger partial charge in [-0.1, -0.05) is 47.4 Å². The van der Waals surface area contributed by atoms with E-state index in [2.05, 4.69) is 10.0 Å². The molecule has 0 saturated heterocycles. The maximum absolute atomic E-state index is 14.2. The Morgan fingerprint density at radius 1 is 1.13 bits per heavy atom. The van der Waals surface area contributed by atoms with Crippen molar-refractivity contribution in [2.24, 2.45) is 5.11 Å². The molecule has 2 unspecified atom stereocenters. The lowest BCUT2D eigenvalue weighted by atomic mass is 9.99. The van der Waals surface area contributed by atoms with E-state index in [1.807, 2.05) is 0 Å². The molecule has 0 saturated carbocycles. The first kappa shape index (κ1) is 35.8. The highest BCUT2D eigenvalue weighted by Gasteiger charge is 2.44. The molecular formula is C29H34ClFN4O8S2. The summed E-state index contributed by atoms with van der Waals surface area (Å²) in [4.78, 5) is 29.2. The van der Waals surface area contributed by atoms with Gasteiger partial charge in [0.1, 0.15) is 17.2 Å². The van der Waals surface area contributed by atoms with Crippen LogP contribution in [0.2, 0.25) is 5.02 Å². The average Bonchev–Trinajstić information content (AvgIpc) is 3.00. The largest absolute Gasteiger partial charge is 0.463 e. The second kappa shape index (κ2) is 16.6. The van der Waals surface area contributed by atoms with Crippen LogP contribution in [0.25, 0.3) is 10.4 Å². The number of sulfonamides is 1. The number of rotatable bonds is 15. The average molecular weight is 685 g/mol. The van der Waals surface area contributed by atoms with Gasteiger partial charge in [0.05, 0.1) is 33.5 Å². The van der Waals surface area contributed by atoms with Gasteiger partial charge in [-0.2, -0.15) is 4.31 Å². The number of unbranched alkanes of at least 4 members (excludes halogenated alkanes) is 2. The molecule has 0 aliphatic heterocycles. The van der Waals surface area contributed by atoms with Crippen LogP contribution in [0.5, 0.6) is 0 Å². The van der Waals surface area contributed by atoms with Crippen molar-refractivity contribution in [2.45, 2.75) is 68.1 Å². The normalized spacial score (nSPS) is 15.7. The Hall–Kier alpha value is -3.65. The molecule has 2 aromatic rings. The third-order valence-corrected chi connectivity index (χ3v) is 11.1. The Morgan fingerprint density at radius 3 is 2.53 bits per heavy atom. The zero-order chi connectivity index (χ0) is 33.0. The number of esters is 1. The third kappa shape index (κ3) is 9.67. The lowest BCUT2D eigenvalue weighted by Crippen LogP contribution is -2.47. The number of hydrogen-bond acceptors (Lipinski definition) is 9. The van der Waals surface area contributed by atoms with Crippen molar-refractivity contribution in [3.05, 3.63) is 81.5 Å². The van der Waals surface area contributed by atoms with Gasteiger partial charge >= 0.3 is 12.1 Å². The zero-order valence-electron chi connectivity index (χ0n) is 24.5. The first-order chi connectivity index (χ1) is 21.4. The molecule has 2 atom stereocenters. The van der Waals surface area contributed by atoms with E-state index in [-0.39, 0.29) is 40.8 Å². The smallest absolute Gasteiger partial charge is 0.428 e. The van der Waals surface area contributed by atoms with Crippen LogP contribution in [-0.4, -0.2) is 59.2 Å². The molecule has 45 heavy (non-hydrogen) atoms. The van der Waals surface area contributed by atoms with Crippen LogP contribution in [0.1, 0.15) is 51.9 Å². The summed E-state index contributed by atoms with van der Waals surface area (Å²) in [6.45, 7) is 1.77. The van der Waals surface area contributed by atoms with E-state index >= 15 is 0 Å². The van der Waals surface area contributed by atoms with Gasteiger partial charge in [-0.15, -0.1) is 0 Å². The predicted octanol–water partition coefficient (Wildman–Crippen LogP) is 6.51. The lowest BCUT2D eigenvalue weighted by molar-refractivity contribution is -0.138. The van der Waals surface area contributed by atoms with Gasteiger partial charge in [0.15, 0.2) is 9.84 Å². The number of nitrogens with zero attached hydrogens (tertiary/aromatic N) is 4. The van der Waals surface area contributed by atoms with Crippen molar-refractivity contribution in [1.82, 2.24) is 0 Å². The topological polar surface area (TPSA) is 173 Å². The van der Waals surface area contributed by atoms with E-state index in [4.69, 9.17) is 26.6 Å². The fraction of sp³-hybridized carbons (Fsp3) is 0.448. The maximum Gasteiger partial charge on any atom is 0.428 e. The Balaban J connectivity index is 2.01. The monoisotopic (exact) mass is 684 g/mol. The summed E-state index contributed by atoms with van der Waals surface area (Å²) in [6, 6.07) is 10.2. The Labute approximate surface area is 266 Å². The Bertz CT molecular complexity index is 1650. The molecular weight excluding hydrogens is 651 g/mol. The van der Waals surface area contributed by atoms with Gasteiger partial charge in [0, 0.05) is 11.5 Å². The summed E-state index contributed by atoms with van der Waals surface area (Å²) in [7, 11) is -8.81. The van der Waals surface area contributed by atoms with Gasteiger partial charge < -0.3 is 9.47 Å². The van der Waals surface area contributed by atoms with Crippen LogP contribution in [0.4, 0.5) is 14.9 Å². The highest BCUT2D eigenvalue weighted by molar-refractivity contribution is 7.94. The fourth-order valence-corrected chi connectivity index (χ4v) is 8.52. The predicted molar refractivity (Wildman–Crippen MR) is 166 cm³/mol. The molecule has 1 aliphatic rings. The Morgan fingerprint density at radius 2 is 1.87 bits per heavy atom. The van der Waals surface area contributed by atoms with Crippen LogP contribution in [0, 0.1) is 5.82 Å². The minimum atomic E-state index is -4.81. The standard InChI is InChI=1S/C29H34ClFN4O8S2/c1-2-42-28(36)24-14-8-9-15-27(24)45(40,41)35(26-17-16-21(31)19-25(26)30)29(37)43-22(11-5-4-10-18-33-34-32)20-44(38,39)23-12-6-3-7-13-23/h3,6-7,12-14,16-17,19,22,27H,2,4-5,8-11,15,18,20H2,1H3. The van der Waals surface area contributed by atoms with Crippen molar-refractivity contribution in [3.8, 4) is 0 Å². The van der Waals surface area contributed by atoms with Crippen LogP contribution in [0.3, 0.4) is 0 Å². The van der Waals surface area contributed by atoms with E-state index < -0.39 is 65.6 Å². The number of sulfone groups is 1. The lowest BCUT2D eigenvalue weighted by Gasteiger charge is -2.31. The van der Waals surface area contributed by atoms with Gasteiger partial charge in [-0.05, 0) is 81.3 Å². The summed E-state index contributed by atoms with van der Waals surface area (Å²) in [5, 5.41) is 1.50. The van der Waals surface area contributed by atoms with Crippen molar-refractivity contribution in [2.75, 3.05) is 23.2 Å². The quantitative estimate of drug-likeness (QED) is 0.0671. The molecule has 1 amide bonds. The number of ether oxygens (including phenoxy) is 2. The second-order valence-corrected chi connectivity index (χ2v) is 14.5. The molecule has 2 aromatic carbocycles. The molecule has 3 rings (SSSR count). The van der Waals surface area contributed by atoms with E-state index in [1.165, 1.54) is 30.3 Å². The molecule has 0 bridgehead atoms. The van der Waals surface area contributed by atoms with Crippen molar-refractivity contribution >= 4 is 49.2 Å². The summed E-state index contributed by atoms with van der Waals surface area (Å²) < 4.78 is 79.8. The number of anilines is 1. The van der Waals surface area contributed by atoms with Gasteiger partial charge in [0.2, 0.25) is 0 Å². The van der Waals surface area contributed by atoms with Crippen LogP contribution >= 0.6 is 11.6 Å². The summed E-state index contributed by atoms with van der Waals surface area (Å²) in [5.41, 5.74) is 7.88. The fourth-order valence-electron chi connectivity index (χ4n) is 4.81. The van der Waals surface area contributed by atoms with E-state index in [1.54, 1.807) is 13.0 Å². The highest BCUT2D eigenvalue weighted by Crippen LogP contribution is 2.35. The SMILES string of the molecule is CCOC(=O)C1=CCCCC1S(=O)(=O)N(C(=O)OC(CCCCCN=[N+]=[N-])CS(=O)(=O)c1ccccc1)c1ccc(F)cc1Cl. The maximum atomic E-state index is 14.2. The number of carbonyl (C=O) groups excluding carboxylic acids is 2. The Kier molecular flexibility index (Phi) is 13.2. The van der Waals surface area contributed by atoms with Crippen LogP contribution in [0.15, 0.2) is 70.2 Å². The molecule has 244 valence electrons. The summed E-state index contributed by atoms with van der Waals surface area (Å²) >= 11 is 6.24. The number of amides is 1. The number of hydrogen-bond donors (Lipinski definition) is 0. The van der Waals surface area contributed by atoms with Crippen molar-refractivity contribution in [3.63, 3.8) is 0 Å². The summed E-state index contributed by atoms with van der Waals surface area (Å²) in [6.07, 6.45) is 0.763. The second-order valence-electron chi connectivity index (χ2n) is 10.1. The number of halogens is 2. The van der Waals surface area contributed by atoms with E-state index in [0.717, 1.165) is 18.2 Å². The van der Waals surface area contributed by atoms with Crippen LogP contribution < -0.4 is 4.31 Å².